The molecule has 0 spiro atoms. The molecule has 0 bridgehead atoms. The molecule has 3 heteroatoms. The molecule has 0 saturated carbocycles. The fraction of sp³-hybridized carbons (Fsp3) is 0.400. The Bertz CT molecular complexity index is 111. The summed E-state index contributed by atoms with van der Waals surface area (Å²) in [5.74, 6) is 0.423. The lowest BCUT2D eigenvalue weighted by Gasteiger charge is -1.90. The van der Waals surface area contributed by atoms with Crippen molar-refractivity contribution in [2.45, 2.75) is 0 Å². The number of hydrogen-bond donors (Lipinski definition) is 0. The summed E-state index contributed by atoms with van der Waals surface area (Å²) in [5, 5.41) is 0. The van der Waals surface area contributed by atoms with Gasteiger partial charge in [0.2, 0.25) is 0 Å². The molecule has 13 heavy (non-hydrogen) atoms. The summed E-state index contributed by atoms with van der Waals surface area (Å²) in [4.78, 5) is 2.00. The molecule has 0 unspecified atom stereocenters. The summed E-state index contributed by atoms with van der Waals surface area (Å²) in [5.41, 5.74) is 0. The molecule has 1 nitrogen and oxygen atoms in total. The van der Waals surface area contributed by atoms with Gasteiger partial charge in [0.05, 0.1) is 0 Å². The van der Waals surface area contributed by atoms with Crippen LogP contribution < -0.4 is 0 Å². The summed E-state index contributed by atoms with van der Waals surface area (Å²) in [7, 11) is 6.00. The van der Waals surface area contributed by atoms with Gasteiger partial charge in [0, 0.05) is 17.9 Å². The van der Waals surface area contributed by atoms with Gasteiger partial charge >= 0.3 is 0 Å². The molecule has 0 rings (SSSR count). The van der Waals surface area contributed by atoms with Gasteiger partial charge in [-0.05, 0) is 21.1 Å². The van der Waals surface area contributed by atoms with Crippen molar-refractivity contribution in [3.8, 4) is 0 Å². The lowest BCUT2D eigenvalue weighted by Crippen LogP contribution is -1.99. The molecular formula is C10H20FNS. The molecule has 0 saturated heterocycles. The highest BCUT2D eigenvalue weighted by molar-refractivity contribution is 7.94. The summed E-state index contributed by atoms with van der Waals surface area (Å²) in [6.45, 7) is 9.41. The highest BCUT2D eigenvalue weighted by atomic mass is 32.2. The van der Waals surface area contributed by atoms with E-state index in [2.05, 4.69) is 19.7 Å². The van der Waals surface area contributed by atoms with Gasteiger partial charge in [0.1, 0.15) is 0 Å². The minimum Gasteiger partial charge on any atom is -0.312 e. The number of nitrogens with zero attached hydrogens (tertiary/aromatic N) is 1. The van der Waals surface area contributed by atoms with Crippen LogP contribution in [0.5, 0.6) is 0 Å². The Hall–Kier alpha value is -0.540. The molecule has 0 aliphatic carbocycles. The van der Waals surface area contributed by atoms with E-state index in [0.29, 0.717) is 17.9 Å². The zero-order chi connectivity index (χ0) is 11.1. The topological polar surface area (TPSA) is 3.24 Å². The number of rotatable bonds is 3. The Morgan fingerprint density at radius 3 is 1.92 bits per heavy atom. The molecule has 0 aromatic carbocycles. The van der Waals surface area contributed by atoms with Gasteiger partial charge in [-0.15, -0.1) is 13.2 Å². The zero-order valence-corrected chi connectivity index (χ0v) is 9.61. The molecule has 0 aromatic heterocycles. The first-order chi connectivity index (χ1) is 6.15. The molecule has 0 aromatic rings. The normalized spacial score (nSPS) is 8.38. The van der Waals surface area contributed by atoms with Crippen molar-refractivity contribution in [3.05, 3.63) is 38.0 Å². The van der Waals surface area contributed by atoms with E-state index in [0.717, 1.165) is 0 Å². The Kier molecular flexibility index (Phi) is 31.7. The molecule has 0 atom stereocenters. The van der Waals surface area contributed by atoms with Gasteiger partial charge in [0.25, 0.3) is 0 Å². The first-order valence-corrected chi connectivity index (χ1v) is 4.65. The van der Waals surface area contributed by atoms with Gasteiger partial charge in [-0.25, -0.2) is 0 Å². The van der Waals surface area contributed by atoms with Gasteiger partial charge in [-0.1, -0.05) is 24.8 Å². The molecule has 0 radical (unpaired) electrons. The predicted octanol–water partition coefficient (Wildman–Crippen LogP) is 3.33. The molecule has 0 amide bonds. The van der Waals surface area contributed by atoms with Crippen molar-refractivity contribution in [1.29, 1.82) is 0 Å². The van der Waals surface area contributed by atoms with E-state index >= 15 is 0 Å². The number of hydrogen-bond acceptors (Lipinski definition) is 2. The highest BCUT2D eigenvalue weighted by Gasteiger charge is 1.70. The van der Waals surface area contributed by atoms with E-state index in [1.807, 2.05) is 26.0 Å². The number of allylic oxidation sites excluding steroid dienone is 2. The van der Waals surface area contributed by atoms with Crippen LogP contribution in [0.1, 0.15) is 0 Å². The Morgan fingerprint density at radius 2 is 1.69 bits per heavy atom. The van der Waals surface area contributed by atoms with Crippen LogP contribution in [0.15, 0.2) is 38.0 Å². The molecule has 0 aliphatic heterocycles. The van der Waals surface area contributed by atoms with Crippen molar-refractivity contribution in [1.82, 2.24) is 4.90 Å². The van der Waals surface area contributed by atoms with Crippen molar-refractivity contribution in [2.24, 2.45) is 0 Å². The fourth-order valence-corrected chi connectivity index (χ4v) is 0.372. The van der Waals surface area contributed by atoms with Gasteiger partial charge < -0.3 is 4.90 Å². The Morgan fingerprint density at radius 1 is 1.31 bits per heavy atom. The average Bonchev–Trinajstić information content (AvgIpc) is 2.08. The van der Waals surface area contributed by atoms with Crippen molar-refractivity contribution in [2.75, 3.05) is 26.9 Å². The average molecular weight is 205 g/mol. The monoisotopic (exact) mass is 205 g/mol. The van der Waals surface area contributed by atoms with Crippen molar-refractivity contribution in [3.63, 3.8) is 0 Å². The maximum Gasteiger partial charge on any atom is 0.0484 e. The van der Waals surface area contributed by atoms with Crippen LogP contribution in [0.25, 0.3) is 0 Å². The van der Waals surface area contributed by atoms with E-state index in [1.54, 1.807) is 18.2 Å². The number of halogens is 1. The maximum atomic E-state index is 11.1. The fourth-order valence-electron chi connectivity index (χ4n) is 0.188. The van der Waals surface area contributed by atoms with E-state index in [9.17, 15) is 3.89 Å². The minimum atomic E-state index is 0.307. The maximum absolute atomic E-state index is 11.1. The van der Waals surface area contributed by atoms with Gasteiger partial charge in [0.15, 0.2) is 0 Å². The Balaban J connectivity index is -0.000000142. The first-order valence-electron chi connectivity index (χ1n) is 3.77. The molecule has 0 fully saturated rings. The summed E-state index contributed by atoms with van der Waals surface area (Å²) in [6.07, 6.45) is 5.04. The minimum absolute atomic E-state index is 0.307. The van der Waals surface area contributed by atoms with Crippen molar-refractivity contribution < 1.29 is 3.89 Å². The lowest BCUT2D eigenvalue weighted by atomic mass is 10.5. The highest BCUT2D eigenvalue weighted by Crippen LogP contribution is 1.98. The molecule has 78 valence electrons. The van der Waals surface area contributed by atoms with E-state index in [4.69, 9.17) is 0 Å². The third kappa shape index (κ3) is 85.7. The first kappa shape index (κ1) is 18.3. The third-order valence-electron chi connectivity index (χ3n) is 0.431. The second kappa shape index (κ2) is 22.5. The smallest absolute Gasteiger partial charge is 0.0484 e. The Labute approximate surface area is 86.3 Å². The summed E-state index contributed by atoms with van der Waals surface area (Å²) in [6, 6.07) is 0. The zero-order valence-electron chi connectivity index (χ0n) is 8.79. The molecule has 0 heterocycles. The van der Waals surface area contributed by atoms with Crippen LogP contribution in [0.3, 0.4) is 0 Å². The van der Waals surface area contributed by atoms with Crippen molar-refractivity contribution >= 4 is 12.1 Å². The van der Waals surface area contributed by atoms with E-state index < -0.39 is 0 Å². The second-order valence-electron chi connectivity index (χ2n) is 2.28. The van der Waals surface area contributed by atoms with Crippen LogP contribution >= 0.6 is 12.1 Å². The van der Waals surface area contributed by atoms with Gasteiger partial charge in [-0.2, -0.15) is 3.89 Å². The standard InChI is InChI=1S/C5H7FS.C3H9N.C2H4/c1-2-3-4-5-7-6;1-4(2)3;1-2/h2-4H,1,5H2;1-3H3;1-2H2/b4-3+;;. The van der Waals surface area contributed by atoms with Crippen LogP contribution in [0.2, 0.25) is 0 Å². The molecular weight excluding hydrogens is 185 g/mol. The SMILES string of the molecule is C=C.C=C/C=C/CSF.CN(C)C. The van der Waals surface area contributed by atoms with Crippen LogP contribution in [0, 0.1) is 0 Å². The largest absolute Gasteiger partial charge is 0.312 e. The second-order valence-corrected chi connectivity index (χ2v) is 2.83. The molecule has 0 N–H and O–H groups in total. The van der Waals surface area contributed by atoms with Crippen LogP contribution in [-0.2, 0) is 0 Å². The summed E-state index contributed by atoms with van der Waals surface area (Å²) < 4.78 is 11.1. The summed E-state index contributed by atoms with van der Waals surface area (Å²) >= 11 is 0.307. The third-order valence-corrected chi connectivity index (χ3v) is 0.750. The lowest BCUT2D eigenvalue weighted by molar-refractivity contribution is 0.505. The predicted molar refractivity (Wildman–Crippen MR) is 63.8 cm³/mol. The van der Waals surface area contributed by atoms with Gasteiger partial charge in [-0.3, -0.25) is 0 Å². The van der Waals surface area contributed by atoms with E-state index in [1.165, 1.54) is 0 Å². The molecule has 0 aliphatic rings. The van der Waals surface area contributed by atoms with Crippen LogP contribution in [0.4, 0.5) is 3.89 Å². The van der Waals surface area contributed by atoms with Crippen LogP contribution in [-0.4, -0.2) is 31.8 Å². The quantitative estimate of drug-likeness (QED) is 0.513. The van der Waals surface area contributed by atoms with E-state index in [-0.39, 0.29) is 0 Å².